The second-order valence-corrected chi connectivity index (χ2v) is 4.32. The number of carbonyl (C=O) groups excluding carboxylic acids is 1. The van der Waals surface area contributed by atoms with Gasteiger partial charge in [-0.3, -0.25) is 4.79 Å². The summed E-state index contributed by atoms with van der Waals surface area (Å²) >= 11 is 0. The molecule has 3 N–H and O–H groups in total. The smallest absolute Gasteiger partial charge is 0.224 e. The number of amides is 1. The minimum atomic E-state index is -0.108. The molecule has 1 aromatic heterocycles. The van der Waals surface area contributed by atoms with Crippen LogP contribution in [0.3, 0.4) is 0 Å². The van der Waals surface area contributed by atoms with Crippen molar-refractivity contribution in [2.75, 3.05) is 6.54 Å². The second kappa shape index (κ2) is 5.69. The fraction of sp³-hybridized carbons (Fsp3) is 0.357. The van der Waals surface area contributed by atoms with E-state index in [0.717, 1.165) is 23.0 Å². The molecule has 0 saturated carbocycles. The molecule has 18 heavy (non-hydrogen) atoms. The van der Waals surface area contributed by atoms with Crippen molar-refractivity contribution < 1.29 is 9.21 Å². The van der Waals surface area contributed by atoms with Gasteiger partial charge in [0.15, 0.2) is 0 Å². The van der Waals surface area contributed by atoms with Crippen molar-refractivity contribution >= 4 is 16.9 Å². The lowest BCUT2D eigenvalue weighted by Gasteiger charge is -2.11. The molecule has 1 amide bonds. The molecule has 4 nitrogen and oxygen atoms in total. The summed E-state index contributed by atoms with van der Waals surface area (Å²) in [7, 11) is 0. The molecule has 0 fully saturated rings. The van der Waals surface area contributed by atoms with E-state index in [0.29, 0.717) is 13.1 Å². The fourth-order valence-corrected chi connectivity index (χ4v) is 1.96. The molecular weight excluding hydrogens is 228 g/mol. The lowest BCUT2D eigenvalue weighted by Crippen LogP contribution is -2.34. The Morgan fingerprint density at radius 3 is 2.94 bits per heavy atom. The van der Waals surface area contributed by atoms with Gasteiger partial charge in [-0.05, 0) is 12.5 Å². The zero-order valence-corrected chi connectivity index (χ0v) is 10.5. The molecule has 1 unspecified atom stereocenters. The predicted octanol–water partition coefficient (Wildman–Crippen LogP) is 2.03. The van der Waals surface area contributed by atoms with E-state index in [1.807, 2.05) is 31.2 Å². The first-order valence-corrected chi connectivity index (χ1v) is 6.19. The highest BCUT2D eigenvalue weighted by molar-refractivity contribution is 5.82. The summed E-state index contributed by atoms with van der Waals surface area (Å²) < 4.78 is 5.42. The molecule has 0 spiro atoms. The number of benzene rings is 1. The second-order valence-electron chi connectivity index (χ2n) is 4.32. The first-order valence-electron chi connectivity index (χ1n) is 6.19. The molecule has 1 atom stereocenters. The topological polar surface area (TPSA) is 68.3 Å². The third-order valence-corrected chi connectivity index (χ3v) is 3.16. The van der Waals surface area contributed by atoms with Crippen LogP contribution in [0.4, 0.5) is 0 Å². The summed E-state index contributed by atoms with van der Waals surface area (Å²) in [6.45, 7) is 2.82. The largest absolute Gasteiger partial charge is 0.464 e. The van der Waals surface area contributed by atoms with E-state index in [9.17, 15) is 4.79 Å². The summed E-state index contributed by atoms with van der Waals surface area (Å²) in [4.78, 5) is 11.8. The molecule has 0 saturated heterocycles. The summed E-state index contributed by atoms with van der Waals surface area (Å²) in [5, 5.41) is 3.94. The Morgan fingerprint density at radius 1 is 1.44 bits per heavy atom. The Hall–Kier alpha value is -1.81. The number of hydrogen-bond acceptors (Lipinski definition) is 3. The SMILES string of the molecule is CCC(CN)C(=O)NCc1coc2ccccc12. The lowest BCUT2D eigenvalue weighted by atomic mass is 10.1. The highest BCUT2D eigenvalue weighted by atomic mass is 16.3. The van der Waals surface area contributed by atoms with Crippen molar-refractivity contribution in [1.82, 2.24) is 5.32 Å². The minimum Gasteiger partial charge on any atom is -0.464 e. The Kier molecular flexibility index (Phi) is 3.99. The number of para-hydroxylation sites is 1. The van der Waals surface area contributed by atoms with Crippen molar-refractivity contribution in [3.8, 4) is 0 Å². The number of nitrogens with two attached hydrogens (primary N) is 1. The number of furan rings is 1. The minimum absolute atomic E-state index is 0.00489. The molecule has 0 bridgehead atoms. The number of nitrogens with one attached hydrogen (secondary N) is 1. The van der Waals surface area contributed by atoms with Crippen molar-refractivity contribution in [3.63, 3.8) is 0 Å². The van der Waals surface area contributed by atoms with E-state index in [1.54, 1.807) is 6.26 Å². The number of hydrogen-bond donors (Lipinski definition) is 2. The number of fused-ring (bicyclic) bond motifs is 1. The van der Waals surface area contributed by atoms with Gasteiger partial charge in [0.2, 0.25) is 5.91 Å². The molecule has 0 radical (unpaired) electrons. The monoisotopic (exact) mass is 246 g/mol. The average Bonchev–Trinajstić information content (AvgIpc) is 2.81. The molecule has 0 aliphatic rings. The predicted molar refractivity (Wildman–Crippen MR) is 70.9 cm³/mol. The van der Waals surface area contributed by atoms with Gasteiger partial charge in [0.25, 0.3) is 0 Å². The lowest BCUT2D eigenvalue weighted by molar-refractivity contribution is -0.124. The van der Waals surface area contributed by atoms with E-state index in [4.69, 9.17) is 10.2 Å². The van der Waals surface area contributed by atoms with Gasteiger partial charge in [0.1, 0.15) is 5.58 Å². The van der Waals surface area contributed by atoms with Crippen LogP contribution in [0.15, 0.2) is 34.9 Å². The average molecular weight is 246 g/mol. The highest BCUT2D eigenvalue weighted by Gasteiger charge is 2.14. The van der Waals surface area contributed by atoms with E-state index >= 15 is 0 Å². The van der Waals surface area contributed by atoms with Crippen LogP contribution in [-0.2, 0) is 11.3 Å². The van der Waals surface area contributed by atoms with Gasteiger partial charge >= 0.3 is 0 Å². The van der Waals surface area contributed by atoms with E-state index in [1.165, 1.54) is 0 Å². The highest BCUT2D eigenvalue weighted by Crippen LogP contribution is 2.20. The van der Waals surface area contributed by atoms with Crippen LogP contribution in [0.2, 0.25) is 0 Å². The van der Waals surface area contributed by atoms with E-state index in [2.05, 4.69) is 5.32 Å². The van der Waals surface area contributed by atoms with Crippen molar-refractivity contribution in [2.24, 2.45) is 11.7 Å². The van der Waals surface area contributed by atoms with Gasteiger partial charge in [0, 0.05) is 30.0 Å². The molecule has 1 heterocycles. The van der Waals surface area contributed by atoms with Gasteiger partial charge in [-0.1, -0.05) is 25.1 Å². The Balaban J connectivity index is 2.04. The summed E-state index contributed by atoms with van der Waals surface area (Å²) in [5.41, 5.74) is 7.38. The molecule has 2 aromatic rings. The van der Waals surface area contributed by atoms with Crippen LogP contribution >= 0.6 is 0 Å². The van der Waals surface area contributed by atoms with Crippen LogP contribution < -0.4 is 11.1 Å². The van der Waals surface area contributed by atoms with Gasteiger partial charge in [-0.15, -0.1) is 0 Å². The maximum absolute atomic E-state index is 11.8. The van der Waals surface area contributed by atoms with E-state index in [-0.39, 0.29) is 11.8 Å². The standard InChI is InChI=1S/C14H18N2O2/c1-2-10(7-15)14(17)16-8-11-9-18-13-6-4-3-5-12(11)13/h3-6,9-10H,2,7-8,15H2,1H3,(H,16,17). The van der Waals surface area contributed by atoms with Crippen molar-refractivity contribution in [3.05, 3.63) is 36.1 Å². The van der Waals surface area contributed by atoms with Gasteiger partial charge in [-0.2, -0.15) is 0 Å². The summed E-state index contributed by atoms with van der Waals surface area (Å²) in [6.07, 6.45) is 2.45. The van der Waals surface area contributed by atoms with Crippen molar-refractivity contribution in [1.29, 1.82) is 0 Å². The Morgan fingerprint density at radius 2 is 2.22 bits per heavy atom. The van der Waals surface area contributed by atoms with Crippen LogP contribution in [0, 0.1) is 5.92 Å². The van der Waals surface area contributed by atoms with Crippen LogP contribution in [0.5, 0.6) is 0 Å². The zero-order valence-electron chi connectivity index (χ0n) is 10.5. The third-order valence-electron chi connectivity index (χ3n) is 3.16. The molecule has 0 aliphatic carbocycles. The van der Waals surface area contributed by atoms with Crippen LogP contribution in [0.25, 0.3) is 11.0 Å². The van der Waals surface area contributed by atoms with Gasteiger partial charge in [0.05, 0.1) is 6.26 Å². The van der Waals surface area contributed by atoms with Crippen LogP contribution in [-0.4, -0.2) is 12.5 Å². The Bertz CT molecular complexity index is 529. The zero-order chi connectivity index (χ0) is 13.0. The van der Waals surface area contributed by atoms with Crippen LogP contribution in [0.1, 0.15) is 18.9 Å². The molecule has 96 valence electrons. The van der Waals surface area contributed by atoms with E-state index < -0.39 is 0 Å². The van der Waals surface area contributed by atoms with Gasteiger partial charge in [-0.25, -0.2) is 0 Å². The molecule has 2 rings (SSSR count). The maximum Gasteiger partial charge on any atom is 0.224 e. The summed E-state index contributed by atoms with van der Waals surface area (Å²) in [5.74, 6) is -0.103. The number of carbonyl (C=O) groups is 1. The first kappa shape index (κ1) is 12.6. The molecule has 4 heteroatoms. The third kappa shape index (κ3) is 2.54. The first-order chi connectivity index (χ1) is 8.76. The molecule has 1 aromatic carbocycles. The summed E-state index contributed by atoms with van der Waals surface area (Å²) in [6, 6.07) is 7.78. The number of rotatable bonds is 5. The van der Waals surface area contributed by atoms with Gasteiger partial charge < -0.3 is 15.5 Å². The maximum atomic E-state index is 11.8. The molecule has 0 aliphatic heterocycles. The van der Waals surface area contributed by atoms with Crippen molar-refractivity contribution in [2.45, 2.75) is 19.9 Å². The molecular formula is C14H18N2O2. The quantitative estimate of drug-likeness (QED) is 0.848. The Labute approximate surface area is 106 Å². The normalized spacial score (nSPS) is 12.6. The fourth-order valence-electron chi connectivity index (χ4n) is 1.96.